The van der Waals surface area contributed by atoms with Crippen LogP contribution in [0.5, 0.6) is 0 Å². The molecule has 0 aromatic heterocycles. The van der Waals surface area contributed by atoms with Crippen LogP contribution >= 0.6 is 0 Å². The van der Waals surface area contributed by atoms with Crippen molar-refractivity contribution in [2.45, 2.75) is 51.2 Å². The highest BCUT2D eigenvalue weighted by Crippen LogP contribution is 2.16. The van der Waals surface area contributed by atoms with Gasteiger partial charge in [-0.25, -0.2) is 19.2 Å². The lowest BCUT2D eigenvalue weighted by atomic mass is 10.1. The van der Waals surface area contributed by atoms with Gasteiger partial charge < -0.3 is 29.4 Å². The number of aliphatic carboxylic acids is 1. The van der Waals surface area contributed by atoms with E-state index >= 15 is 0 Å². The third kappa shape index (κ3) is 10.5. The van der Waals surface area contributed by atoms with Gasteiger partial charge in [-0.1, -0.05) is 66.7 Å². The molecule has 0 radical (unpaired) electrons. The molecular formula is C32H35NO9. The van der Waals surface area contributed by atoms with Gasteiger partial charge in [0.05, 0.1) is 24.3 Å². The van der Waals surface area contributed by atoms with Crippen LogP contribution in [-0.2, 0) is 35.1 Å². The molecule has 0 amide bonds. The number of carbonyl (C=O) groups is 4. The lowest BCUT2D eigenvalue weighted by Crippen LogP contribution is -2.49. The van der Waals surface area contributed by atoms with Crippen molar-refractivity contribution < 1.29 is 43.2 Å². The summed E-state index contributed by atoms with van der Waals surface area (Å²) >= 11 is 0. The maximum absolute atomic E-state index is 13.5. The van der Waals surface area contributed by atoms with Crippen molar-refractivity contribution in [2.24, 2.45) is 0 Å². The maximum Gasteiger partial charge on any atom is 0.352 e. The van der Waals surface area contributed by atoms with E-state index in [1.165, 1.54) is 24.3 Å². The van der Waals surface area contributed by atoms with Crippen molar-refractivity contribution >= 4 is 23.9 Å². The van der Waals surface area contributed by atoms with Crippen molar-refractivity contribution in [1.82, 2.24) is 5.32 Å². The van der Waals surface area contributed by atoms with Gasteiger partial charge in [-0.3, -0.25) is 0 Å². The summed E-state index contributed by atoms with van der Waals surface area (Å²) in [5.41, 5.74) is 0.663. The Morgan fingerprint density at radius 3 is 1.67 bits per heavy atom. The second-order valence-electron chi connectivity index (χ2n) is 10.4. The normalized spacial score (nSPS) is 13.3. The predicted molar refractivity (Wildman–Crippen MR) is 153 cm³/mol. The Bertz CT molecular complexity index is 1310. The van der Waals surface area contributed by atoms with Gasteiger partial charge in [0.1, 0.15) is 6.10 Å². The first kappa shape index (κ1) is 32.0. The molecule has 0 unspecified atom stereocenters. The van der Waals surface area contributed by atoms with Gasteiger partial charge in [0.2, 0.25) is 12.2 Å². The van der Waals surface area contributed by atoms with E-state index in [9.17, 15) is 24.3 Å². The third-order valence-electron chi connectivity index (χ3n) is 5.80. The number of carboxylic acids is 1. The zero-order valence-electron chi connectivity index (χ0n) is 23.7. The summed E-state index contributed by atoms with van der Waals surface area (Å²) in [4.78, 5) is 51.5. The van der Waals surface area contributed by atoms with Crippen molar-refractivity contribution in [1.29, 1.82) is 0 Å². The molecule has 3 aromatic carbocycles. The Balaban J connectivity index is 1.84. The Hall–Kier alpha value is -4.54. The van der Waals surface area contributed by atoms with Gasteiger partial charge in [0, 0.05) is 12.1 Å². The van der Waals surface area contributed by atoms with Crippen molar-refractivity contribution in [3.8, 4) is 0 Å². The highest BCUT2D eigenvalue weighted by Gasteiger charge is 2.43. The quantitative estimate of drug-likeness (QED) is 0.213. The highest BCUT2D eigenvalue weighted by molar-refractivity contribution is 5.95. The van der Waals surface area contributed by atoms with E-state index in [0.29, 0.717) is 0 Å². The fourth-order valence-electron chi connectivity index (χ4n) is 3.66. The minimum atomic E-state index is -2.20. The Labute approximate surface area is 244 Å². The van der Waals surface area contributed by atoms with E-state index in [0.717, 1.165) is 5.56 Å². The van der Waals surface area contributed by atoms with E-state index in [4.69, 9.17) is 18.9 Å². The van der Waals surface area contributed by atoms with Crippen molar-refractivity contribution in [2.75, 3.05) is 13.2 Å². The second kappa shape index (κ2) is 15.5. The third-order valence-corrected chi connectivity index (χ3v) is 5.80. The number of carbonyl (C=O) groups excluding carboxylic acids is 3. The number of esters is 3. The maximum atomic E-state index is 13.5. The number of ether oxygens (including phenoxy) is 4. The molecular weight excluding hydrogens is 542 g/mol. The zero-order chi connectivity index (χ0) is 30.5. The Kier molecular flexibility index (Phi) is 11.8. The molecule has 10 heteroatoms. The van der Waals surface area contributed by atoms with Gasteiger partial charge in [0.15, 0.2) is 0 Å². The molecule has 3 atom stereocenters. The van der Waals surface area contributed by atoms with Crippen LogP contribution in [0.1, 0.15) is 47.1 Å². The smallest absolute Gasteiger partial charge is 0.352 e. The van der Waals surface area contributed by atoms with Crippen LogP contribution in [0.4, 0.5) is 0 Å². The average Bonchev–Trinajstić information content (AvgIpc) is 2.98. The molecule has 2 N–H and O–H groups in total. The molecule has 10 nitrogen and oxygen atoms in total. The molecule has 3 rings (SSSR count). The minimum absolute atomic E-state index is 0.0480. The van der Waals surface area contributed by atoms with Crippen LogP contribution in [0.3, 0.4) is 0 Å². The monoisotopic (exact) mass is 577 g/mol. The molecule has 3 aromatic rings. The molecule has 42 heavy (non-hydrogen) atoms. The van der Waals surface area contributed by atoms with E-state index in [1.807, 2.05) is 51.1 Å². The van der Waals surface area contributed by atoms with Crippen LogP contribution in [0, 0.1) is 0 Å². The molecule has 0 aliphatic rings. The van der Waals surface area contributed by atoms with Crippen LogP contribution in [-0.4, -0.2) is 66.0 Å². The fourth-order valence-corrected chi connectivity index (χ4v) is 3.66. The van der Waals surface area contributed by atoms with Crippen LogP contribution in [0.25, 0.3) is 0 Å². The molecule has 0 aliphatic carbocycles. The SMILES string of the molecule is CC(C)(C)NC[C@H](COCc1ccccc1)OC(=O)[C@@H](OC(=O)c1ccccc1)[C@H](OC(=O)c1ccccc1)C(=O)O. The van der Waals surface area contributed by atoms with E-state index in [2.05, 4.69) is 5.32 Å². The van der Waals surface area contributed by atoms with Gasteiger partial charge in [0.25, 0.3) is 0 Å². The molecule has 0 fully saturated rings. The second-order valence-corrected chi connectivity index (χ2v) is 10.4. The first-order valence-electron chi connectivity index (χ1n) is 13.4. The number of hydrogen-bond acceptors (Lipinski definition) is 9. The van der Waals surface area contributed by atoms with Crippen LogP contribution in [0.2, 0.25) is 0 Å². The van der Waals surface area contributed by atoms with E-state index < -0.39 is 42.2 Å². The lowest BCUT2D eigenvalue weighted by molar-refractivity contribution is -0.176. The summed E-state index contributed by atoms with van der Waals surface area (Å²) in [6.07, 6.45) is -5.22. The number of hydrogen-bond donors (Lipinski definition) is 2. The molecule has 0 aliphatic heterocycles. The van der Waals surface area contributed by atoms with Gasteiger partial charge in [-0.2, -0.15) is 0 Å². The van der Waals surface area contributed by atoms with Crippen LogP contribution in [0.15, 0.2) is 91.0 Å². The minimum Gasteiger partial charge on any atom is -0.478 e. The van der Waals surface area contributed by atoms with Gasteiger partial charge in [-0.15, -0.1) is 0 Å². The lowest BCUT2D eigenvalue weighted by Gasteiger charge is -2.28. The number of benzene rings is 3. The van der Waals surface area contributed by atoms with Crippen molar-refractivity contribution in [3.63, 3.8) is 0 Å². The summed E-state index contributed by atoms with van der Waals surface area (Å²) < 4.78 is 22.0. The summed E-state index contributed by atoms with van der Waals surface area (Å²) in [5.74, 6) is -4.93. The molecule has 0 heterocycles. The number of carboxylic acid groups (broad SMARTS) is 1. The Morgan fingerprint density at radius 1 is 0.714 bits per heavy atom. The molecule has 0 spiro atoms. The summed E-state index contributed by atoms with van der Waals surface area (Å²) in [6, 6.07) is 24.7. The van der Waals surface area contributed by atoms with E-state index in [-0.39, 0.29) is 36.4 Å². The zero-order valence-corrected chi connectivity index (χ0v) is 23.7. The average molecular weight is 578 g/mol. The molecule has 0 bridgehead atoms. The number of rotatable bonds is 14. The largest absolute Gasteiger partial charge is 0.478 e. The molecule has 0 saturated carbocycles. The summed E-state index contributed by atoms with van der Waals surface area (Å²) in [6.45, 7) is 6.10. The first-order valence-corrected chi connectivity index (χ1v) is 13.4. The predicted octanol–water partition coefficient (Wildman–Crippen LogP) is 4.04. The summed E-state index contributed by atoms with van der Waals surface area (Å²) in [5, 5.41) is 13.2. The highest BCUT2D eigenvalue weighted by atomic mass is 16.6. The molecule has 222 valence electrons. The van der Waals surface area contributed by atoms with Gasteiger partial charge >= 0.3 is 23.9 Å². The van der Waals surface area contributed by atoms with Crippen LogP contribution < -0.4 is 5.32 Å². The first-order chi connectivity index (χ1) is 20.0. The Morgan fingerprint density at radius 2 is 1.19 bits per heavy atom. The van der Waals surface area contributed by atoms with Gasteiger partial charge in [-0.05, 0) is 50.6 Å². The number of nitrogens with one attached hydrogen (secondary N) is 1. The molecule has 0 saturated heterocycles. The summed E-state index contributed by atoms with van der Waals surface area (Å²) in [7, 11) is 0. The fraction of sp³-hybridized carbons (Fsp3) is 0.312. The van der Waals surface area contributed by atoms with Crippen molar-refractivity contribution in [3.05, 3.63) is 108 Å². The standard InChI is InChI=1S/C32H35NO9/c1-32(2,3)33-19-25(21-39-20-22-13-7-4-8-14-22)40-31(38)27(42-30(37)24-17-11-6-12-18-24)26(28(34)35)41-29(36)23-15-9-5-10-16-23/h4-18,25-27,33H,19-21H2,1-3H3,(H,34,35)/t25-,26+,27+/m1/s1. The topological polar surface area (TPSA) is 137 Å². The van der Waals surface area contributed by atoms with E-state index in [1.54, 1.807) is 36.4 Å².